The van der Waals surface area contributed by atoms with Crippen LogP contribution < -0.4 is 10.6 Å². The van der Waals surface area contributed by atoms with Crippen LogP contribution in [-0.4, -0.2) is 44.0 Å². The smallest absolute Gasteiger partial charge is 0.275 e. The fraction of sp³-hybridized carbons (Fsp3) is 0.632. The summed E-state index contributed by atoms with van der Waals surface area (Å²) in [4.78, 5) is 24.8. The molecular weight excluding hydrogens is 360 g/mol. The maximum Gasteiger partial charge on any atom is 0.275 e. The summed E-state index contributed by atoms with van der Waals surface area (Å²) < 4.78 is 6.36. The zero-order chi connectivity index (χ0) is 20.3. The molecule has 2 atom stereocenters. The molecular formula is C19H28N6O3. The normalized spacial score (nSPS) is 19.4. The van der Waals surface area contributed by atoms with Crippen molar-refractivity contribution in [2.24, 2.45) is 0 Å². The first-order valence-electron chi connectivity index (χ1n) is 9.81. The van der Waals surface area contributed by atoms with Crippen LogP contribution in [0.3, 0.4) is 0 Å². The Morgan fingerprint density at radius 2 is 1.82 bits per heavy atom. The van der Waals surface area contributed by atoms with Gasteiger partial charge in [-0.25, -0.2) is 4.63 Å². The third-order valence-corrected chi connectivity index (χ3v) is 5.42. The average Bonchev–Trinajstić information content (AvgIpc) is 3.18. The minimum atomic E-state index is -0.287. The molecule has 2 N–H and O–H groups in total. The van der Waals surface area contributed by atoms with E-state index in [1.54, 1.807) is 11.6 Å². The zero-order valence-electron chi connectivity index (χ0n) is 16.9. The molecule has 0 saturated heterocycles. The molecule has 0 radical (unpaired) electrons. The van der Waals surface area contributed by atoms with Crippen LogP contribution in [0.1, 0.15) is 65.7 Å². The number of rotatable bonds is 6. The van der Waals surface area contributed by atoms with Gasteiger partial charge in [0.05, 0.1) is 5.69 Å². The minimum absolute atomic E-state index is 0.0111. The summed E-state index contributed by atoms with van der Waals surface area (Å²) in [5, 5.41) is 17.8. The highest BCUT2D eigenvalue weighted by Gasteiger charge is 2.26. The second kappa shape index (κ2) is 8.53. The predicted molar refractivity (Wildman–Crippen MR) is 102 cm³/mol. The molecule has 1 aliphatic rings. The van der Waals surface area contributed by atoms with E-state index in [0.717, 1.165) is 37.1 Å². The van der Waals surface area contributed by atoms with Crippen molar-refractivity contribution in [2.75, 3.05) is 0 Å². The zero-order valence-corrected chi connectivity index (χ0v) is 16.9. The number of amides is 2. The van der Waals surface area contributed by atoms with Crippen LogP contribution in [0.2, 0.25) is 0 Å². The van der Waals surface area contributed by atoms with Crippen LogP contribution >= 0.6 is 0 Å². The molecule has 2 aromatic heterocycles. The van der Waals surface area contributed by atoms with E-state index in [1.165, 1.54) is 5.56 Å². The highest BCUT2D eigenvalue weighted by molar-refractivity contribution is 5.93. The van der Waals surface area contributed by atoms with Crippen molar-refractivity contribution >= 4 is 11.8 Å². The summed E-state index contributed by atoms with van der Waals surface area (Å²) in [6.45, 7) is 7.95. The van der Waals surface area contributed by atoms with Gasteiger partial charge in [0.1, 0.15) is 12.2 Å². The molecule has 1 saturated carbocycles. The lowest BCUT2D eigenvalue weighted by Crippen LogP contribution is -2.46. The van der Waals surface area contributed by atoms with E-state index in [1.807, 2.05) is 13.8 Å². The molecule has 1 aliphatic carbocycles. The molecule has 0 aromatic carbocycles. The number of nitrogens with one attached hydrogen (secondary N) is 2. The first-order chi connectivity index (χ1) is 13.4. The monoisotopic (exact) mass is 388 g/mol. The van der Waals surface area contributed by atoms with Gasteiger partial charge in [-0.3, -0.25) is 14.3 Å². The Balaban J connectivity index is 1.54. The molecule has 0 unspecified atom stereocenters. The third kappa shape index (κ3) is 4.40. The molecule has 28 heavy (non-hydrogen) atoms. The second-order valence-corrected chi connectivity index (χ2v) is 7.46. The SMILES string of the molecule is CCc1c(C)nn(CC(=O)N[C@@H]2CCC[C@@H](NC(=O)c3nonc3C)C2)c1C. The summed E-state index contributed by atoms with van der Waals surface area (Å²) in [7, 11) is 0. The predicted octanol–water partition coefficient (Wildman–Crippen LogP) is 1.61. The number of aromatic nitrogens is 4. The first-order valence-corrected chi connectivity index (χ1v) is 9.81. The van der Waals surface area contributed by atoms with E-state index in [2.05, 4.69) is 37.6 Å². The molecule has 3 rings (SSSR count). The molecule has 152 valence electrons. The number of aryl methyl sites for hydroxylation is 2. The lowest BCUT2D eigenvalue weighted by molar-refractivity contribution is -0.122. The average molecular weight is 388 g/mol. The van der Waals surface area contributed by atoms with Crippen LogP contribution in [0, 0.1) is 20.8 Å². The quantitative estimate of drug-likeness (QED) is 0.777. The highest BCUT2D eigenvalue weighted by atomic mass is 16.6. The van der Waals surface area contributed by atoms with Gasteiger partial charge in [-0.15, -0.1) is 0 Å². The molecule has 0 spiro atoms. The Morgan fingerprint density at radius 1 is 1.11 bits per heavy atom. The van der Waals surface area contributed by atoms with E-state index in [4.69, 9.17) is 0 Å². The highest BCUT2D eigenvalue weighted by Crippen LogP contribution is 2.19. The van der Waals surface area contributed by atoms with Gasteiger partial charge in [-0.05, 0) is 63.6 Å². The van der Waals surface area contributed by atoms with Gasteiger partial charge in [-0.2, -0.15) is 5.10 Å². The van der Waals surface area contributed by atoms with Gasteiger partial charge in [0.2, 0.25) is 5.91 Å². The molecule has 1 fully saturated rings. The molecule has 0 aliphatic heterocycles. The number of carbonyl (C=O) groups is 2. The van der Waals surface area contributed by atoms with E-state index in [0.29, 0.717) is 12.1 Å². The van der Waals surface area contributed by atoms with Gasteiger partial charge in [0.25, 0.3) is 5.91 Å². The standard InChI is InChI=1S/C19H28N6O3/c1-5-16-11(2)22-25(13(16)4)10-17(26)20-14-7-6-8-15(9-14)21-19(27)18-12(3)23-28-24-18/h14-15H,5-10H2,1-4H3,(H,20,26)(H,21,27)/t14-,15-/m1/s1. The van der Waals surface area contributed by atoms with Gasteiger partial charge in [0, 0.05) is 17.8 Å². The Morgan fingerprint density at radius 3 is 2.43 bits per heavy atom. The summed E-state index contributed by atoms with van der Waals surface area (Å²) in [5.74, 6) is -0.341. The molecule has 0 bridgehead atoms. The van der Waals surface area contributed by atoms with Crippen molar-refractivity contribution in [2.45, 2.75) is 78.4 Å². The Labute approximate surface area is 164 Å². The van der Waals surface area contributed by atoms with Gasteiger partial charge in [0.15, 0.2) is 5.69 Å². The van der Waals surface area contributed by atoms with E-state index < -0.39 is 0 Å². The summed E-state index contributed by atoms with van der Waals surface area (Å²) >= 11 is 0. The maximum absolute atomic E-state index is 12.5. The number of carbonyl (C=O) groups excluding carboxylic acids is 2. The molecule has 2 heterocycles. The first kappa shape index (κ1) is 20.0. The Kier molecular flexibility index (Phi) is 6.11. The fourth-order valence-corrected chi connectivity index (χ4v) is 3.95. The third-order valence-electron chi connectivity index (χ3n) is 5.42. The van der Waals surface area contributed by atoms with Crippen molar-refractivity contribution in [3.63, 3.8) is 0 Å². The van der Waals surface area contributed by atoms with Crippen LogP contribution in [0.25, 0.3) is 0 Å². The van der Waals surface area contributed by atoms with E-state index in [9.17, 15) is 9.59 Å². The van der Waals surface area contributed by atoms with Crippen molar-refractivity contribution in [3.05, 3.63) is 28.3 Å². The van der Waals surface area contributed by atoms with Gasteiger partial charge >= 0.3 is 0 Å². The Bertz CT molecular complexity index is 856. The van der Waals surface area contributed by atoms with E-state index in [-0.39, 0.29) is 36.1 Å². The van der Waals surface area contributed by atoms with Crippen molar-refractivity contribution in [1.29, 1.82) is 0 Å². The van der Waals surface area contributed by atoms with Crippen molar-refractivity contribution < 1.29 is 14.2 Å². The van der Waals surface area contributed by atoms with Crippen LogP contribution in [-0.2, 0) is 17.8 Å². The molecule has 2 amide bonds. The second-order valence-electron chi connectivity index (χ2n) is 7.46. The summed E-state index contributed by atoms with van der Waals surface area (Å²) in [6.07, 6.45) is 4.31. The van der Waals surface area contributed by atoms with Crippen molar-refractivity contribution in [3.8, 4) is 0 Å². The Hall–Kier alpha value is -2.71. The summed E-state index contributed by atoms with van der Waals surface area (Å²) in [5.41, 5.74) is 3.90. The summed E-state index contributed by atoms with van der Waals surface area (Å²) in [6, 6.07) is 0.0220. The number of nitrogens with zero attached hydrogens (tertiary/aromatic N) is 4. The molecule has 9 nitrogen and oxygen atoms in total. The topological polar surface area (TPSA) is 115 Å². The minimum Gasteiger partial charge on any atom is -0.352 e. The maximum atomic E-state index is 12.5. The van der Waals surface area contributed by atoms with Crippen LogP contribution in [0.5, 0.6) is 0 Å². The van der Waals surface area contributed by atoms with Crippen LogP contribution in [0.4, 0.5) is 0 Å². The largest absolute Gasteiger partial charge is 0.352 e. The fourth-order valence-electron chi connectivity index (χ4n) is 3.95. The van der Waals surface area contributed by atoms with Gasteiger partial charge < -0.3 is 10.6 Å². The number of hydrogen-bond donors (Lipinski definition) is 2. The molecule has 9 heteroatoms. The molecule has 2 aromatic rings. The lowest BCUT2D eigenvalue weighted by Gasteiger charge is -2.30. The van der Waals surface area contributed by atoms with Crippen LogP contribution in [0.15, 0.2) is 4.63 Å². The van der Waals surface area contributed by atoms with Crippen molar-refractivity contribution in [1.82, 2.24) is 30.7 Å². The number of hydrogen-bond acceptors (Lipinski definition) is 6. The van der Waals surface area contributed by atoms with Gasteiger partial charge in [-0.1, -0.05) is 12.1 Å². The lowest BCUT2D eigenvalue weighted by atomic mass is 9.90. The van der Waals surface area contributed by atoms with E-state index >= 15 is 0 Å².